The molecule has 0 N–H and O–H groups in total. The Morgan fingerprint density at radius 2 is 1.63 bits per heavy atom. The maximum absolute atomic E-state index is 13.0. The zero-order valence-electron chi connectivity index (χ0n) is 15.4. The van der Waals surface area contributed by atoms with Gasteiger partial charge in [0.2, 0.25) is 0 Å². The first-order valence-electron chi connectivity index (χ1n) is 9.40. The van der Waals surface area contributed by atoms with Gasteiger partial charge in [0.25, 0.3) is 5.91 Å². The van der Waals surface area contributed by atoms with Crippen molar-refractivity contribution in [2.75, 3.05) is 26.2 Å². The third-order valence-electron chi connectivity index (χ3n) is 5.02. The average molecular weight is 360 g/mol. The van der Waals surface area contributed by atoms with Gasteiger partial charge in [-0.2, -0.15) is 0 Å². The summed E-state index contributed by atoms with van der Waals surface area (Å²) in [6, 6.07) is 20.1. The van der Waals surface area contributed by atoms with Gasteiger partial charge < -0.3 is 9.47 Å². The van der Waals surface area contributed by atoms with E-state index >= 15 is 0 Å². The van der Waals surface area contributed by atoms with Crippen LogP contribution in [0.2, 0.25) is 0 Å². The third kappa shape index (κ3) is 4.26. The van der Waals surface area contributed by atoms with E-state index in [1.807, 2.05) is 70.4 Å². The monoisotopic (exact) mass is 360 g/mol. The van der Waals surface area contributed by atoms with Crippen LogP contribution in [-0.2, 0) is 13.1 Å². The Kier molecular flexibility index (Phi) is 5.30. The Hall–Kier alpha value is -2.92. The molecular formula is C22H24N4O. The number of pyridine rings is 1. The lowest BCUT2D eigenvalue weighted by Crippen LogP contribution is -2.48. The molecule has 1 aliphatic heterocycles. The summed E-state index contributed by atoms with van der Waals surface area (Å²) >= 11 is 0. The van der Waals surface area contributed by atoms with Crippen molar-refractivity contribution in [1.82, 2.24) is 19.4 Å². The van der Waals surface area contributed by atoms with E-state index in [2.05, 4.69) is 22.0 Å². The van der Waals surface area contributed by atoms with E-state index in [0.29, 0.717) is 6.54 Å². The minimum Gasteiger partial charge on any atom is -0.339 e. The number of carbonyl (C=O) groups excluding carboxylic acids is 1. The smallest absolute Gasteiger partial charge is 0.270 e. The van der Waals surface area contributed by atoms with Gasteiger partial charge in [-0.1, -0.05) is 36.4 Å². The normalized spacial score (nSPS) is 15.0. The number of carbonyl (C=O) groups is 1. The van der Waals surface area contributed by atoms with Gasteiger partial charge >= 0.3 is 0 Å². The highest BCUT2D eigenvalue weighted by atomic mass is 16.2. The zero-order chi connectivity index (χ0) is 18.5. The fourth-order valence-electron chi connectivity index (χ4n) is 3.52. The van der Waals surface area contributed by atoms with Crippen LogP contribution in [0.5, 0.6) is 0 Å². The molecule has 3 heterocycles. The van der Waals surface area contributed by atoms with E-state index in [1.165, 1.54) is 5.56 Å². The van der Waals surface area contributed by atoms with E-state index in [-0.39, 0.29) is 5.91 Å². The van der Waals surface area contributed by atoms with Crippen molar-refractivity contribution >= 4 is 5.91 Å². The molecule has 4 rings (SSSR count). The lowest BCUT2D eigenvalue weighted by Gasteiger charge is -2.34. The molecule has 1 aromatic carbocycles. The summed E-state index contributed by atoms with van der Waals surface area (Å²) in [5, 5.41) is 0. The molecule has 2 aromatic heterocycles. The van der Waals surface area contributed by atoms with Crippen molar-refractivity contribution in [3.63, 3.8) is 0 Å². The molecule has 0 unspecified atom stereocenters. The standard InChI is InChI=1S/C22H24N4O/c27-22(21-10-6-12-26(21)17-19-7-2-1-3-8-19)25-15-13-24(14-16-25)18-20-9-4-5-11-23-20/h1-12H,13-18H2. The van der Waals surface area contributed by atoms with Gasteiger partial charge in [-0.15, -0.1) is 0 Å². The number of hydrogen-bond donors (Lipinski definition) is 0. The number of benzene rings is 1. The molecule has 0 radical (unpaired) electrons. The summed E-state index contributed by atoms with van der Waals surface area (Å²) in [7, 11) is 0. The highest BCUT2D eigenvalue weighted by molar-refractivity contribution is 5.92. The number of hydrogen-bond acceptors (Lipinski definition) is 3. The number of rotatable bonds is 5. The Bertz CT molecular complexity index is 868. The molecule has 138 valence electrons. The van der Waals surface area contributed by atoms with Crippen LogP contribution >= 0.6 is 0 Å². The Labute approximate surface area is 159 Å². The van der Waals surface area contributed by atoms with E-state index in [1.54, 1.807) is 0 Å². The SMILES string of the molecule is O=C(c1cccn1Cc1ccccc1)N1CCN(Cc2ccccn2)CC1. The average Bonchev–Trinajstić information content (AvgIpc) is 3.18. The molecule has 1 saturated heterocycles. The molecular weight excluding hydrogens is 336 g/mol. The first kappa shape index (κ1) is 17.5. The molecule has 0 saturated carbocycles. The third-order valence-corrected chi connectivity index (χ3v) is 5.02. The van der Waals surface area contributed by atoms with Crippen LogP contribution in [0.1, 0.15) is 21.7 Å². The minimum absolute atomic E-state index is 0.119. The number of amides is 1. The van der Waals surface area contributed by atoms with Gasteiger partial charge in [-0.3, -0.25) is 14.7 Å². The molecule has 0 spiro atoms. The summed E-state index contributed by atoms with van der Waals surface area (Å²) in [6.07, 6.45) is 3.81. The predicted molar refractivity (Wildman–Crippen MR) is 105 cm³/mol. The summed E-state index contributed by atoms with van der Waals surface area (Å²) in [4.78, 5) is 21.7. The van der Waals surface area contributed by atoms with Crippen LogP contribution in [0.15, 0.2) is 73.1 Å². The molecule has 1 aliphatic rings. The van der Waals surface area contributed by atoms with Crippen LogP contribution in [0.4, 0.5) is 0 Å². The Balaban J connectivity index is 1.37. The van der Waals surface area contributed by atoms with Crippen LogP contribution in [0, 0.1) is 0 Å². The topological polar surface area (TPSA) is 41.4 Å². The van der Waals surface area contributed by atoms with Gasteiger partial charge in [0.15, 0.2) is 0 Å². The number of nitrogens with zero attached hydrogens (tertiary/aromatic N) is 4. The van der Waals surface area contributed by atoms with Gasteiger partial charge in [0, 0.05) is 51.7 Å². The van der Waals surface area contributed by atoms with Gasteiger partial charge in [-0.05, 0) is 29.8 Å². The van der Waals surface area contributed by atoms with E-state index in [0.717, 1.165) is 44.1 Å². The second kappa shape index (κ2) is 8.18. The summed E-state index contributed by atoms with van der Waals surface area (Å²) in [6.45, 7) is 4.82. The summed E-state index contributed by atoms with van der Waals surface area (Å²) < 4.78 is 2.04. The molecule has 1 fully saturated rings. The van der Waals surface area contributed by atoms with E-state index in [4.69, 9.17) is 0 Å². The molecule has 0 aliphatic carbocycles. The van der Waals surface area contributed by atoms with Crippen LogP contribution in [0.3, 0.4) is 0 Å². The molecule has 5 heteroatoms. The first-order valence-corrected chi connectivity index (χ1v) is 9.40. The maximum Gasteiger partial charge on any atom is 0.270 e. The molecule has 0 atom stereocenters. The number of piperazine rings is 1. The largest absolute Gasteiger partial charge is 0.339 e. The van der Waals surface area contributed by atoms with Crippen LogP contribution in [-0.4, -0.2) is 51.4 Å². The molecule has 27 heavy (non-hydrogen) atoms. The van der Waals surface area contributed by atoms with Crippen molar-refractivity contribution in [1.29, 1.82) is 0 Å². The van der Waals surface area contributed by atoms with E-state index in [9.17, 15) is 4.79 Å². The van der Waals surface area contributed by atoms with E-state index < -0.39 is 0 Å². The quantitative estimate of drug-likeness (QED) is 0.703. The van der Waals surface area contributed by atoms with Crippen molar-refractivity contribution in [3.8, 4) is 0 Å². The van der Waals surface area contributed by atoms with Crippen molar-refractivity contribution in [3.05, 3.63) is 90.0 Å². The van der Waals surface area contributed by atoms with Crippen LogP contribution < -0.4 is 0 Å². The Morgan fingerprint density at radius 3 is 2.37 bits per heavy atom. The molecule has 3 aromatic rings. The lowest BCUT2D eigenvalue weighted by atomic mass is 10.2. The molecule has 1 amide bonds. The second-order valence-electron chi connectivity index (χ2n) is 6.90. The highest BCUT2D eigenvalue weighted by Crippen LogP contribution is 2.13. The summed E-state index contributed by atoms with van der Waals surface area (Å²) in [5.74, 6) is 0.119. The Morgan fingerprint density at radius 1 is 0.852 bits per heavy atom. The van der Waals surface area contributed by atoms with Gasteiger partial charge in [-0.25, -0.2) is 0 Å². The fraction of sp³-hybridized carbons (Fsp3) is 0.273. The zero-order valence-corrected chi connectivity index (χ0v) is 15.4. The second-order valence-corrected chi connectivity index (χ2v) is 6.90. The number of aromatic nitrogens is 2. The van der Waals surface area contributed by atoms with Gasteiger partial charge in [0.1, 0.15) is 5.69 Å². The lowest BCUT2D eigenvalue weighted by molar-refractivity contribution is 0.0617. The summed E-state index contributed by atoms with van der Waals surface area (Å²) in [5.41, 5.74) is 3.04. The first-order chi connectivity index (χ1) is 13.3. The van der Waals surface area contributed by atoms with Crippen molar-refractivity contribution < 1.29 is 4.79 Å². The van der Waals surface area contributed by atoms with Gasteiger partial charge in [0.05, 0.1) is 5.69 Å². The van der Waals surface area contributed by atoms with Crippen LogP contribution in [0.25, 0.3) is 0 Å². The fourth-order valence-corrected chi connectivity index (χ4v) is 3.52. The highest BCUT2D eigenvalue weighted by Gasteiger charge is 2.24. The molecule has 5 nitrogen and oxygen atoms in total. The van der Waals surface area contributed by atoms with Crippen molar-refractivity contribution in [2.24, 2.45) is 0 Å². The molecule has 0 bridgehead atoms. The predicted octanol–water partition coefficient (Wildman–Crippen LogP) is 2.89. The minimum atomic E-state index is 0.119. The maximum atomic E-state index is 13.0. The van der Waals surface area contributed by atoms with Crippen molar-refractivity contribution in [2.45, 2.75) is 13.1 Å².